The molecule has 0 spiro atoms. The molecule has 2 heterocycles. The van der Waals surface area contributed by atoms with Gasteiger partial charge < -0.3 is 4.74 Å². The van der Waals surface area contributed by atoms with Gasteiger partial charge in [0.2, 0.25) is 5.78 Å². The van der Waals surface area contributed by atoms with E-state index in [1.807, 2.05) is 39.8 Å². The lowest BCUT2D eigenvalue weighted by Crippen LogP contribution is -2.25. The van der Waals surface area contributed by atoms with E-state index in [1.165, 1.54) is 4.52 Å². The fourth-order valence-electron chi connectivity index (χ4n) is 2.65. The first-order chi connectivity index (χ1) is 12.3. The van der Waals surface area contributed by atoms with Crippen molar-refractivity contribution in [2.75, 3.05) is 0 Å². The van der Waals surface area contributed by atoms with Gasteiger partial charge in [-0.25, -0.2) is 14.3 Å². The Labute approximate surface area is 151 Å². The average Bonchev–Trinajstić information content (AvgIpc) is 3.01. The predicted molar refractivity (Wildman–Crippen MR) is 95.4 cm³/mol. The van der Waals surface area contributed by atoms with Crippen LogP contribution >= 0.6 is 0 Å². The first kappa shape index (κ1) is 17.7. The largest absolute Gasteiger partial charge is 0.448 e. The number of aromatic nitrogens is 4. The van der Waals surface area contributed by atoms with Crippen molar-refractivity contribution in [1.29, 1.82) is 0 Å². The number of ketones is 1. The molecule has 0 aliphatic rings. The van der Waals surface area contributed by atoms with Crippen LogP contribution in [0.15, 0.2) is 24.3 Å². The lowest BCUT2D eigenvalue weighted by molar-refractivity contribution is 0.0307. The zero-order chi connectivity index (χ0) is 19.0. The fourth-order valence-corrected chi connectivity index (χ4v) is 2.65. The number of aryl methyl sites for hydroxylation is 4. The highest BCUT2D eigenvalue weighted by Gasteiger charge is 2.24. The highest BCUT2D eigenvalue weighted by atomic mass is 16.5. The van der Waals surface area contributed by atoms with Crippen molar-refractivity contribution in [3.63, 3.8) is 0 Å². The number of fused-ring (bicyclic) bond motifs is 1. The molecule has 2 aromatic heterocycles. The van der Waals surface area contributed by atoms with E-state index >= 15 is 0 Å². The fraction of sp³-hybridized carbons (Fsp3) is 0.316. The molecule has 7 heteroatoms. The summed E-state index contributed by atoms with van der Waals surface area (Å²) in [5.74, 6) is -0.818. The predicted octanol–water partition coefficient (Wildman–Crippen LogP) is 2.79. The Balaban J connectivity index is 1.79. The van der Waals surface area contributed by atoms with Gasteiger partial charge in [0.1, 0.15) is 0 Å². The van der Waals surface area contributed by atoms with Gasteiger partial charge in [0.05, 0.1) is 0 Å². The van der Waals surface area contributed by atoms with Gasteiger partial charge in [0.25, 0.3) is 11.6 Å². The Kier molecular flexibility index (Phi) is 4.54. The maximum absolute atomic E-state index is 12.5. The SMILES string of the molecule is Cc1cc(C)n2nc(C(=O)O[C@H](C)C(=O)c3ccc(C)c(C)c3)nc2n1. The normalized spacial score (nSPS) is 12.2. The first-order valence-corrected chi connectivity index (χ1v) is 8.29. The standard InChI is InChI=1S/C19H20N4O3/c1-10-6-7-15(8-11(10)2)16(24)14(5)26-18(25)17-21-19-20-12(3)9-13(4)23(19)22-17/h6-9,14H,1-5H3/t14-/m1/s1. The molecule has 3 aromatic rings. The van der Waals surface area contributed by atoms with Crippen LogP contribution in [0.2, 0.25) is 0 Å². The maximum Gasteiger partial charge on any atom is 0.379 e. The number of carbonyl (C=O) groups excluding carboxylic acids is 2. The van der Waals surface area contributed by atoms with Crippen LogP contribution in [-0.2, 0) is 4.74 Å². The molecule has 0 saturated carbocycles. The van der Waals surface area contributed by atoms with Crippen LogP contribution in [0.25, 0.3) is 5.78 Å². The Morgan fingerprint density at radius 2 is 1.77 bits per heavy atom. The molecule has 0 aliphatic heterocycles. The molecule has 0 bridgehead atoms. The van der Waals surface area contributed by atoms with E-state index in [0.717, 1.165) is 22.5 Å². The van der Waals surface area contributed by atoms with E-state index in [4.69, 9.17) is 4.74 Å². The third-order valence-corrected chi connectivity index (χ3v) is 4.25. The highest BCUT2D eigenvalue weighted by Crippen LogP contribution is 2.14. The second-order valence-corrected chi connectivity index (χ2v) is 6.40. The van der Waals surface area contributed by atoms with Crippen LogP contribution in [0, 0.1) is 27.7 Å². The number of benzene rings is 1. The third kappa shape index (κ3) is 3.33. The summed E-state index contributed by atoms with van der Waals surface area (Å²) < 4.78 is 6.74. The molecule has 26 heavy (non-hydrogen) atoms. The summed E-state index contributed by atoms with van der Waals surface area (Å²) in [5.41, 5.74) is 4.19. The van der Waals surface area contributed by atoms with Gasteiger partial charge >= 0.3 is 5.97 Å². The minimum absolute atomic E-state index is 0.120. The zero-order valence-corrected chi connectivity index (χ0v) is 15.4. The number of rotatable bonds is 4. The van der Waals surface area contributed by atoms with Crippen LogP contribution in [0.5, 0.6) is 0 Å². The van der Waals surface area contributed by atoms with Crippen LogP contribution in [0.3, 0.4) is 0 Å². The van der Waals surface area contributed by atoms with Crippen LogP contribution in [0.4, 0.5) is 0 Å². The van der Waals surface area contributed by atoms with E-state index in [9.17, 15) is 9.59 Å². The number of hydrogen-bond acceptors (Lipinski definition) is 6. The monoisotopic (exact) mass is 352 g/mol. The van der Waals surface area contributed by atoms with E-state index in [-0.39, 0.29) is 11.6 Å². The molecule has 7 nitrogen and oxygen atoms in total. The summed E-state index contributed by atoms with van der Waals surface area (Å²) in [7, 11) is 0. The minimum Gasteiger partial charge on any atom is -0.448 e. The van der Waals surface area contributed by atoms with Crippen molar-refractivity contribution < 1.29 is 14.3 Å². The van der Waals surface area contributed by atoms with E-state index in [1.54, 1.807) is 19.1 Å². The molecule has 3 rings (SSSR count). The Bertz CT molecular complexity index is 1020. The van der Waals surface area contributed by atoms with Crippen LogP contribution in [-0.4, -0.2) is 37.4 Å². The summed E-state index contributed by atoms with van der Waals surface area (Å²) >= 11 is 0. The van der Waals surface area contributed by atoms with Crippen LogP contribution < -0.4 is 0 Å². The number of nitrogens with zero attached hydrogens (tertiary/aromatic N) is 4. The molecular formula is C19H20N4O3. The topological polar surface area (TPSA) is 86.5 Å². The number of carbonyl (C=O) groups is 2. The summed E-state index contributed by atoms with van der Waals surface area (Å²) in [6, 6.07) is 7.23. The number of hydrogen-bond donors (Lipinski definition) is 0. The molecular weight excluding hydrogens is 332 g/mol. The summed E-state index contributed by atoms with van der Waals surface area (Å²) in [6.07, 6.45) is -0.938. The van der Waals surface area contributed by atoms with Crippen LogP contribution in [0.1, 0.15) is 50.4 Å². The van der Waals surface area contributed by atoms with Crippen molar-refractivity contribution in [1.82, 2.24) is 19.6 Å². The molecule has 1 aromatic carbocycles. The number of esters is 1. The molecule has 1 atom stereocenters. The second-order valence-electron chi connectivity index (χ2n) is 6.40. The highest BCUT2D eigenvalue weighted by molar-refractivity contribution is 6.01. The van der Waals surface area contributed by atoms with E-state index in [2.05, 4.69) is 15.1 Å². The zero-order valence-electron chi connectivity index (χ0n) is 15.4. The van der Waals surface area contributed by atoms with Gasteiger partial charge in [-0.05, 0) is 57.9 Å². The quantitative estimate of drug-likeness (QED) is 0.530. The molecule has 0 aliphatic carbocycles. The molecule has 0 saturated heterocycles. The average molecular weight is 352 g/mol. The van der Waals surface area contributed by atoms with Gasteiger partial charge in [-0.2, -0.15) is 4.98 Å². The van der Waals surface area contributed by atoms with Gasteiger partial charge in [-0.3, -0.25) is 4.79 Å². The van der Waals surface area contributed by atoms with Crippen molar-refractivity contribution in [3.8, 4) is 0 Å². The Morgan fingerprint density at radius 1 is 1.04 bits per heavy atom. The Hall–Kier alpha value is -3.09. The number of Topliss-reactive ketones (excluding diaryl/α,β-unsaturated/α-hetero) is 1. The Morgan fingerprint density at radius 3 is 2.46 bits per heavy atom. The van der Waals surface area contributed by atoms with Gasteiger partial charge in [0, 0.05) is 17.0 Å². The van der Waals surface area contributed by atoms with Crippen molar-refractivity contribution in [3.05, 3.63) is 58.2 Å². The summed E-state index contributed by atoms with van der Waals surface area (Å²) in [5, 5.41) is 4.12. The third-order valence-electron chi connectivity index (χ3n) is 4.25. The van der Waals surface area contributed by atoms with Crippen molar-refractivity contribution in [2.45, 2.75) is 40.7 Å². The van der Waals surface area contributed by atoms with E-state index < -0.39 is 12.1 Å². The lowest BCUT2D eigenvalue weighted by atomic mass is 10.0. The van der Waals surface area contributed by atoms with Gasteiger partial charge in [-0.1, -0.05) is 12.1 Å². The second kappa shape index (κ2) is 6.67. The smallest absolute Gasteiger partial charge is 0.379 e. The molecule has 0 N–H and O–H groups in total. The van der Waals surface area contributed by atoms with Gasteiger partial charge in [-0.15, -0.1) is 5.10 Å². The molecule has 0 amide bonds. The van der Waals surface area contributed by atoms with Gasteiger partial charge in [0.15, 0.2) is 6.10 Å². The lowest BCUT2D eigenvalue weighted by Gasteiger charge is -2.12. The maximum atomic E-state index is 12.5. The number of ether oxygens (including phenoxy) is 1. The summed E-state index contributed by atoms with van der Waals surface area (Å²) in [6.45, 7) is 9.13. The van der Waals surface area contributed by atoms with Crippen molar-refractivity contribution >= 4 is 17.5 Å². The van der Waals surface area contributed by atoms with E-state index in [0.29, 0.717) is 11.3 Å². The molecule has 0 unspecified atom stereocenters. The van der Waals surface area contributed by atoms with Crippen molar-refractivity contribution in [2.24, 2.45) is 0 Å². The molecule has 0 fully saturated rings. The summed E-state index contributed by atoms with van der Waals surface area (Å²) in [4.78, 5) is 33.2. The molecule has 0 radical (unpaired) electrons. The molecule has 134 valence electrons. The minimum atomic E-state index is -0.938. The first-order valence-electron chi connectivity index (χ1n) is 8.29.